The molecular weight excluding hydrogens is 182 g/mol. The first-order valence-corrected chi connectivity index (χ1v) is 3.40. The Labute approximate surface area is 77.9 Å². The number of Topliss-reactive ketones (excluding diaryl/α,β-unsaturated/α-hetero) is 1. The van der Waals surface area contributed by atoms with Gasteiger partial charge in [0.25, 0.3) is 0 Å². The van der Waals surface area contributed by atoms with Gasteiger partial charge in [-0.25, -0.2) is 0 Å². The smallest absolute Gasteiger partial charge is 0.322 e. The van der Waals surface area contributed by atoms with Gasteiger partial charge in [-0.05, 0) is 13.3 Å². The van der Waals surface area contributed by atoms with Crippen molar-refractivity contribution in [3.05, 3.63) is 0 Å². The van der Waals surface area contributed by atoms with E-state index in [1.54, 1.807) is 0 Å². The fourth-order valence-corrected chi connectivity index (χ4v) is 0.628. The molecule has 0 aliphatic carbocycles. The number of hydrogen-bond donors (Lipinski definition) is 1. The van der Waals surface area contributed by atoms with Gasteiger partial charge < -0.3 is 15.3 Å². The second kappa shape index (κ2) is 7.06. The van der Waals surface area contributed by atoms with Crippen LogP contribution in [0.3, 0.4) is 0 Å². The molecule has 0 saturated heterocycles. The molecule has 0 aliphatic rings. The van der Waals surface area contributed by atoms with Crippen molar-refractivity contribution in [3.63, 3.8) is 0 Å². The second-order valence-corrected chi connectivity index (χ2v) is 2.37. The highest BCUT2D eigenvalue weighted by molar-refractivity contribution is 5.85. The van der Waals surface area contributed by atoms with Crippen LogP contribution in [0, 0.1) is 0 Å². The number of methoxy groups -OCH3 is 1. The number of carbonyl (C=O) groups excluding carboxylic acids is 2. The van der Waals surface area contributed by atoms with Gasteiger partial charge in [-0.2, -0.15) is 0 Å². The summed E-state index contributed by atoms with van der Waals surface area (Å²) in [7, 11) is 1.27. The molecule has 0 fully saturated rings. The Hall–Kier alpha value is -0.610. The first-order chi connectivity index (χ1) is 5.07. The molecule has 5 heteroatoms. The van der Waals surface area contributed by atoms with Gasteiger partial charge in [0.15, 0.2) is 0 Å². The number of carbonyl (C=O) groups is 2. The molecule has 4 nitrogen and oxygen atoms in total. The Bertz CT molecular complexity index is 161. The normalized spacial score (nSPS) is 11.2. The molecule has 0 aromatic rings. The van der Waals surface area contributed by atoms with Gasteiger partial charge in [0, 0.05) is 6.42 Å². The molecule has 0 rings (SSSR count). The molecule has 1 atom stereocenters. The van der Waals surface area contributed by atoms with Crippen molar-refractivity contribution in [2.45, 2.75) is 25.8 Å². The lowest BCUT2D eigenvalue weighted by atomic mass is 10.1. The highest BCUT2D eigenvalue weighted by Gasteiger charge is 2.13. The fraction of sp³-hybridized carbons (Fsp3) is 0.714. The quantitative estimate of drug-likeness (QED) is 0.655. The van der Waals surface area contributed by atoms with Gasteiger partial charge >= 0.3 is 5.97 Å². The lowest BCUT2D eigenvalue weighted by molar-refractivity contribution is -0.142. The molecule has 0 aliphatic heterocycles. The van der Waals surface area contributed by atoms with Crippen molar-refractivity contribution in [2.24, 2.45) is 5.73 Å². The monoisotopic (exact) mass is 195 g/mol. The fourth-order valence-electron chi connectivity index (χ4n) is 0.628. The summed E-state index contributed by atoms with van der Waals surface area (Å²) in [6.45, 7) is 1.46. The lowest BCUT2D eigenvalue weighted by Gasteiger charge is -2.06. The van der Waals surface area contributed by atoms with Gasteiger partial charge in [0.05, 0.1) is 7.11 Å². The molecule has 72 valence electrons. The zero-order valence-electron chi connectivity index (χ0n) is 7.20. The van der Waals surface area contributed by atoms with Gasteiger partial charge in [0.1, 0.15) is 11.8 Å². The lowest BCUT2D eigenvalue weighted by Crippen LogP contribution is -2.31. The maximum absolute atomic E-state index is 10.7. The van der Waals surface area contributed by atoms with E-state index in [2.05, 4.69) is 4.74 Å². The number of ether oxygens (including phenoxy) is 1. The molecule has 12 heavy (non-hydrogen) atoms. The van der Waals surface area contributed by atoms with Crippen LogP contribution in [0.25, 0.3) is 0 Å². The first-order valence-electron chi connectivity index (χ1n) is 3.40. The van der Waals surface area contributed by atoms with Crippen LogP contribution in [0.15, 0.2) is 0 Å². The predicted octanol–water partition coefficient (Wildman–Crippen LogP) is 0.278. The Morgan fingerprint density at radius 3 is 2.33 bits per heavy atom. The van der Waals surface area contributed by atoms with E-state index in [0.717, 1.165) is 0 Å². The SMILES string of the molecule is COC(=O)C(N)CCC(C)=O.Cl. The third-order valence-electron chi connectivity index (χ3n) is 1.31. The van der Waals surface area contributed by atoms with Crippen LogP contribution in [-0.2, 0) is 14.3 Å². The summed E-state index contributed by atoms with van der Waals surface area (Å²) in [5, 5.41) is 0. The van der Waals surface area contributed by atoms with Crippen LogP contribution < -0.4 is 5.73 Å². The van der Waals surface area contributed by atoms with Crippen LogP contribution in [-0.4, -0.2) is 24.9 Å². The van der Waals surface area contributed by atoms with E-state index in [4.69, 9.17) is 5.73 Å². The molecule has 0 amide bonds. The van der Waals surface area contributed by atoms with Crippen LogP contribution in [0.1, 0.15) is 19.8 Å². The van der Waals surface area contributed by atoms with Crippen LogP contribution in [0.2, 0.25) is 0 Å². The van der Waals surface area contributed by atoms with E-state index in [-0.39, 0.29) is 18.2 Å². The molecule has 0 heterocycles. The van der Waals surface area contributed by atoms with Gasteiger partial charge in [-0.15, -0.1) is 12.4 Å². The van der Waals surface area contributed by atoms with Crippen molar-refractivity contribution in [1.29, 1.82) is 0 Å². The molecule has 0 aromatic heterocycles. The highest BCUT2D eigenvalue weighted by atomic mass is 35.5. The summed E-state index contributed by atoms with van der Waals surface area (Å²) in [5.41, 5.74) is 5.35. The van der Waals surface area contributed by atoms with E-state index in [0.29, 0.717) is 12.8 Å². The molecule has 0 radical (unpaired) electrons. The number of nitrogens with two attached hydrogens (primary N) is 1. The highest BCUT2D eigenvalue weighted by Crippen LogP contribution is 1.96. The average Bonchev–Trinajstić information content (AvgIpc) is 1.98. The van der Waals surface area contributed by atoms with E-state index < -0.39 is 12.0 Å². The maximum atomic E-state index is 10.7. The van der Waals surface area contributed by atoms with Crippen molar-refractivity contribution in [3.8, 4) is 0 Å². The summed E-state index contributed by atoms with van der Waals surface area (Å²) in [4.78, 5) is 21.1. The summed E-state index contributed by atoms with van der Waals surface area (Å²) < 4.78 is 4.37. The Morgan fingerprint density at radius 1 is 1.50 bits per heavy atom. The third kappa shape index (κ3) is 6.12. The molecule has 0 saturated carbocycles. The molecule has 0 bridgehead atoms. The molecule has 2 N–H and O–H groups in total. The van der Waals surface area contributed by atoms with Crippen LogP contribution in [0.5, 0.6) is 0 Å². The van der Waals surface area contributed by atoms with Crippen LogP contribution in [0.4, 0.5) is 0 Å². The van der Waals surface area contributed by atoms with E-state index >= 15 is 0 Å². The minimum absolute atomic E-state index is 0. The predicted molar refractivity (Wildman–Crippen MR) is 47.2 cm³/mol. The Balaban J connectivity index is 0. The summed E-state index contributed by atoms with van der Waals surface area (Å²) in [6.07, 6.45) is 0.693. The number of hydrogen-bond acceptors (Lipinski definition) is 4. The van der Waals surface area contributed by atoms with E-state index in [1.807, 2.05) is 0 Å². The average molecular weight is 196 g/mol. The van der Waals surface area contributed by atoms with Crippen molar-refractivity contribution >= 4 is 24.2 Å². The standard InChI is InChI=1S/C7H13NO3.ClH/c1-5(9)3-4-6(8)7(10)11-2;/h6H,3-4,8H2,1-2H3;1H. The summed E-state index contributed by atoms with van der Waals surface area (Å²) in [5.74, 6) is -0.435. The van der Waals surface area contributed by atoms with Crippen molar-refractivity contribution in [2.75, 3.05) is 7.11 Å². The Morgan fingerprint density at radius 2 is 2.00 bits per heavy atom. The molecule has 1 unspecified atom stereocenters. The molecule has 0 aromatic carbocycles. The number of halogens is 1. The second-order valence-electron chi connectivity index (χ2n) is 2.37. The third-order valence-corrected chi connectivity index (χ3v) is 1.31. The number of ketones is 1. The van der Waals surface area contributed by atoms with Crippen LogP contribution >= 0.6 is 12.4 Å². The summed E-state index contributed by atoms with van der Waals surface area (Å²) in [6, 6.07) is -0.663. The zero-order chi connectivity index (χ0) is 8.85. The van der Waals surface area contributed by atoms with Gasteiger partial charge in [-0.3, -0.25) is 4.79 Å². The van der Waals surface area contributed by atoms with Gasteiger partial charge in [0.2, 0.25) is 0 Å². The van der Waals surface area contributed by atoms with E-state index in [1.165, 1.54) is 14.0 Å². The van der Waals surface area contributed by atoms with E-state index in [9.17, 15) is 9.59 Å². The Kier molecular flexibility index (Phi) is 8.21. The molecule has 0 spiro atoms. The van der Waals surface area contributed by atoms with Crippen molar-refractivity contribution < 1.29 is 14.3 Å². The zero-order valence-corrected chi connectivity index (χ0v) is 8.02. The topological polar surface area (TPSA) is 69.4 Å². The minimum atomic E-state index is -0.663. The largest absolute Gasteiger partial charge is 0.468 e. The first kappa shape index (κ1) is 13.9. The minimum Gasteiger partial charge on any atom is -0.468 e. The van der Waals surface area contributed by atoms with Gasteiger partial charge in [-0.1, -0.05) is 0 Å². The summed E-state index contributed by atoms with van der Waals surface area (Å²) >= 11 is 0. The van der Waals surface area contributed by atoms with Crippen molar-refractivity contribution in [1.82, 2.24) is 0 Å². The number of rotatable bonds is 4. The molecular formula is C7H14ClNO3. The maximum Gasteiger partial charge on any atom is 0.322 e. The number of esters is 1.